The highest BCUT2D eigenvalue weighted by molar-refractivity contribution is 7.99. The van der Waals surface area contributed by atoms with Crippen LogP contribution in [-0.2, 0) is 0 Å². The number of nitrogens with one attached hydrogen (secondary N) is 2. The van der Waals surface area contributed by atoms with Crippen LogP contribution in [0.3, 0.4) is 0 Å². The minimum atomic E-state index is 0.902. The van der Waals surface area contributed by atoms with Gasteiger partial charge in [0, 0.05) is 31.2 Å². The molecule has 20 heavy (non-hydrogen) atoms. The SMILES string of the molecule is CN/C=C\Nc1cc2c(cc1C)Sc1ccccc1O2. The molecule has 0 spiro atoms. The molecule has 0 unspecified atom stereocenters. The second kappa shape index (κ2) is 5.51. The van der Waals surface area contributed by atoms with Gasteiger partial charge in [0.25, 0.3) is 0 Å². The van der Waals surface area contributed by atoms with Gasteiger partial charge in [-0.25, -0.2) is 0 Å². The van der Waals surface area contributed by atoms with Crippen molar-refractivity contribution in [2.45, 2.75) is 16.7 Å². The normalized spacial score (nSPS) is 12.5. The lowest BCUT2D eigenvalue weighted by molar-refractivity contribution is 0.454. The lowest BCUT2D eigenvalue weighted by Crippen LogP contribution is -2.00. The second-order valence-electron chi connectivity index (χ2n) is 4.53. The number of para-hydroxylation sites is 1. The van der Waals surface area contributed by atoms with E-state index in [0.717, 1.165) is 27.0 Å². The van der Waals surface area contributed by atoms with Gasteiger partial charge in [0.1, 0.15) is 11.5 Å². The van der Waals surface area contributed by atoms with Crippen molar-refractivity contribution in [1.29, 1.82) is 0 Å². The molecule has 1 aliphatic heterocycles. The van der Waals surface area contributed by atoms with Crippen LogP contribution in [0.25, 0.3) is 0 Å². The predicted molar refractivity (Wildman–Crippen MR) is 83.6 cm³/mol. The largest absolute Gasteiger partial charge is 0.455 e. The zero-order valence-electron chi connectivity index (χ0n) is 11.4. The molecular weight excluding hydrogens is 268 g/mol. The molecule has 0 amide bonds. The molecule has 4 heteroatoms. The molecule has 0 atom stereocenters. The number of rotatable bonds is 3. The first-order chi connectivity index (χ1) is 9.78. The average molecular weight is 284 g/mol. The van der Waals surface area contributed by atoms with Gasteiger partial charge in [-0.05, 0) is 30.7 Å². The van der Waals surface area contributed by atoms with Crippen molar-refractivity contribution in [3.63, 3.8) is 0 Å². The van der Waals surface area contributed by atoms with Crippen molar-refractivity contribution in [2.24, 2.45) is 0 Å². The van der Waals surface area contributed by atoms with Crippen molar-refractivity contribution in [3.8, 4) is 11.5 Å². The van der Waals surface area contributed by atoms with Crippen LogP contribution < -0.4 is 15.4 Å². The molecular formula is C16H16N2OS. The van der Waals surface area contributed by atoms with Gasteiger partial charge < -0.3 is 15.4 Å². The molecule has 1 aliphatic rings. The maximum Gasteiger partial charge on any atom is 0.143 e. The van der Waals surface area contributed by atoms with E-state index in [1.165, 1.54) is 5.56 Å². The Bertz CT molecular complexity index is 668. The molecule has 3 nitrogen and oxygen atoms in total. The van der Waals surface area contributed by atoms with Crippen molar-refractivity contribution in [3.05, 3.63) is 54.4 Å². The summed E-state index contributed by atoms with van der Waals surface area (Å²) < 4.78 is 5.98. The van der Waals surface area contributed by atoms with E-state index in [-0.39, 0.29) is 0 Å². The van der Waals surface area contributed by atoms with Crippen LogP contribution in [-0.4, -0.2) is 7.05 Å². The maximum atomic E-state index is 5.98. The summed E-state index contributed by atoms with van der Waals surface area (Å²) in [4.78, 5) is 2.32. The number of benzene rings is 2. The summed E-state index contributed by atoms with van der Waals surface area (Å²) in [5, 5.41) is 6.21. The molecule has 3 rings (SSSR count). The van der Waals surface area contributed by atoms with Gasteiger partial charge in [0.15, 0.2) is 0 Å². The third-order valence-electron chi connectivity index (χ3n) is 3.07. The summed E-state index contributed by atoms with van der Waals surface area (Å²) >= 11 is 1.75. The Morgan fingerprint density at radius 1 is 1.05 bits per heavy atom. The van der Waals surface area contributed by atoms with E-state index >= 15 is 0 Å². The summed E-state index contributed by atoms with van der Waals surface area (Å²) in [5.74, 6) is 1.82. The van der Waals surface area contributed by atoms with Crippen LogP contribution in [0, 0.1) is 6.92 Å². The highest BCUT2D eigenvalue weighted by atomic mass is 32.2. The van der Waals surface area contributed by atoms with Gasteiger partial charge in [0.2, 0.25) is 0 Å². The van der Waals surface area contributed by atoms with Crippen molar-refractivity contribution in [2.75, 3.05) is 12.4 Å². The van der Waals surface area contributed by atoms with Crippen molar-refractivity contribution >= 4 is 17.4 Å². The highest BCUT2D eigenvalue weighted by Gasteiger charge is 2.18. The van der Waals surface area contributed by atoms with Crippen LogP contribution in [0.1, 0.15) is 5.56 Å². The Morgan fingerprint density at radius 3 is 2.75 bits per heavy atom. The lowest BCUT2D eigenvalue weighted by Gasteiger charge is -2.21. The van der Waals surface area contributed by atoms with Crippen LogP contribution in [0.15, 0.2) is 58.6 Å². The fourth-order valence-corrected chi connectivity index (χ4v) is 3.08. The number of hydrogen-bond donors (Lipinski definition) is 2. The van der Waals surface area contributed by atoms with Gasteiger partial charge in [-0.1, -0.05) is 23.9 Å². The molecule has 2 aromatic rings. The van der Waals surface area contributed by atoms with Gasteiger partial charge in [-0.2, -0.15) is 0 Å². The minimum absolute atomic E-state index is 0.902. The third-order valence-corrected chi connectivity index (χ3v) is 4.16. The quantitative estimate of drug-likeness (QED) is 0.749. The van der Waals surface area contributed by atoms with Crippen LogP contribution in [0.2, 0.25) is 0 Å². The Hall–Kier alpha value is -2.07. The summed E-state index contributed by atoms with van der Waals surface area (Å²) in [6.45, 7) is 2.09. The standard InChI is InChI=1S/C16H16N2OS/c1-11-9-16-14(10-12(11)18-8-7-17-2)19-13-5-3-4-6-15(13)20-16/h3-10,17-18H,1-2H3/b8-7-. The molecule has 0 fully saturated rings. The first-order valence-corrected chi connectivity index (χ1v) is 7.28. The van der Waals surface area contributed by atoms with Gasteiger partial charge >= 0.3 is 0 Å². The topological polar surface area (TPSA) is 33.3 Å². The fourth-order valence-electron chi connectivity index (χ4n) is 2.05. The van der Waals surface area contributed by atoms with E-state index < -0.39 is 0 Å². The van der Waals surface area contributed by atoms with E-state index in [1.54, 1.807) is 11.8 Å². The Kier molecular flexibility index (Phi) is 3.56. The second-order valence-corrected chi connectivity index (χ2v) is 5.61. The summed E-state index contributed by atoms with van der Waals surface area (Å²) in [6, 6.07) is 12.3. The van der Waals surface area contributed by atoms with Crippen LogP contribution in [0.4, 0.5) is 5.69 Å². The van der Waals surface area contributed by atoms with E-state index in [2.05, 4.69) is 29.7 Å². The fraction of sp³-hybridized carbons (Fsp3) is 0.125. The Morgan fingerprint density at radius 2 is 1.90 bits per heavy atom. The molecule has 0 radical (unpaired) electrons. The number of aryl methyl sites for hydroxylation is 1. The molecule has 1 heterocycles. The number of ether oxygens (including phenoxy) is 1. The molecule has 2 aromatic carbocycles. The molecule has 102 valence electrons. The van der Waals surface area contributed by atoms with Gasteiger partial charge in [0.05, 0.1) is 9.79 Å². The monoisotopic (exact) mass is 284 g/mol. The smallest absolute Gasteiger partial charge is 0.143 e. The highest BCUT2D eigenvalue weighted by Crippen LogP contribution is 2.48. The van der Waals surface area contributed by atoms with Crippen molar-refractivity contribution < 1.29 is 4.74 Å². The van der Waals surface area contributed by atoms with Crippen LogP contribution in [0.5, 0.6) is 11.5 Å². The minimum Gasteiger partial charge on any atom is -0.455 e. The number of hydrogen-bond acceptors (Lipinski definition) is 4. The predicted octanol–water partition coefficient (Wildman–Crippen LogP) is 4.35. The summed E-state index contributed by atoms with van der Waals surface area (Å²) in [6.07, 6.45) is 3.72. The molecule has 0 aromatic heterocycles. The maximum absolute atomic E-state index is 5.98. The van der Waals surface area contributed by atoms with E-state index in [9.17, 15) is 0 Å². The van der Waals surface area contributed by atoms with Gasteiger partial charge in [-0.3, -0.25) is 0 Å². The molecule has 0 aliphatic carbocycles. The number of anilines is 1. The van der Waals surface area contributed by atoms with Crippen LogP contribution >= 0.6 is 11.8 Å². The molecule has 0 bridgehead atoms. The average Bonchev–Trinajstić information content (AvgIpc) is 2.46. The van der Waals surface area contributed by atoms with E-state index in [1.807, 2.05) is 43.7 Å². The molecule has 0 saturated heterocycles. The third kappa shape index (κ3) is 2.47. The first kappa shape index (κ1) is 12.9. The Balaban J connectivity index is 1.92. The first-order valence-electron chi connectivity index (χ1n) is 6.46. The zero-order valence-corrected chi connectivity index (χ0v) is 12.3. The summed E-state index contributed by atoms with van der Waals surface area (Å²) in [7, 11) is 1.87. The van der Waals surface area contributed by atoms with Crippen molar-refractivity contribution in [1.82, 2.24) is 5.32 Å². The molecule has 0 saturated carbocycles. The number of fused-ring (bicyclic) bond motifs is 2. The Labute approximate surface area is 123 Å². The van der Waals surface area contributed by atoms with E-state index in [4.69, 9.17) is 4.74 Å². The van der Waals surface area contributed by atoms with E-state index in [0.29, 0.717) is 0 Å². The lowest BCUT2D eigenvalue weighted by atomic mass is 10.2. The zero-order chi connectivity index (χ0) is 13.9. The van der Waals surface area contributed by atoms with Gasteiger partial charge in [-0.15, -0.1) is 0 Å². The molecule has 2 N–H and O–H groups in total. The summed E-state index contributed by atoms with van der Waals surface area (Å²) in [5.41, 5.74) is 2.25.